The predicted molar refractivity (Wildman–Crippen MR) is 89.7 cm³/mol. The average molecular weight is 330 g/mol. The largest absolute Gasteiger partial charge is 0.329 e. The Hall–Kier alpha value is -0.460. The van der Waals surface area contributed by atoms with Crippen molar-refractivity contribution < 1.29 is 0 Å². The van der Waals surface area contributed by atoms with Gasteiger partial charge >= 0.3 is 0 Å². The lowest BCUT2D eigenvalue weighted by atomic mass is 10.1. The van der Waals surface area contributed by atoms with Crippen LogP contribution in [0.15, 0.2) is 22.2 Å². The van der Waals surface area contributed by atoms with Gasteiger partial charge in [0.1, 0.15) is 5.01 Å². The summed E-state index contributed by atoms with van der Waals surface area (Å²) in [5.41, 5.74) is 8.29. The summed E-state index contributed by atoms with van der Waals surface area (Å²) < 4.78 is 0. The first-order valence-electron chi connectivity index (χ1n) is 6.65. The Morgan fingerprint density at radius 1 is 1.45 bits per heavy atom. The smallest absolute Gasteiger partial charge is 0.124 e. The molecule has 3 nitrogen and oxygen atoms in total. The summed E-state index contributed by atoms with van der Waals surface area (Å²) in [4.78, 5) is 7.10. The Labute approximate surface area is 134 Å². The maximum Gasteiger partial charge on any atom is 0.124 e. The number of nitrogens with two attached hydrogens (primary N) is 1. The first kappa shape index (κ1) is 15.9. The van der Waals surface area contributed by atoms with Gasteiger partial charge < -0.3 is 5.73 Å². The van der Waals surface area contributed by atoms with Crippen molar-refractivity contribution in [3.8, 4) is 10.6 Å². The van der Waals surface area contributed by atoms with Crippen molar-refractivity contribution in [1.29, 1.82) is 0 Å². The zero-order chi connectivity index (χ0) is 13.2. The first-order valence-corrected chi connectivity index (χ1v) is 8.47. The molecule has 2 heterocycles. The molecule has 0 spiro atoms. The van der Waals surface area contributed by atoms with E-state index in [1.165, 1.54) is 18.4 Å². The Balaban J connectivity index is 0.00000147. The van der Waals surface area contributed by atoms with Crippen LogP contribution in [0.25, 0.3) is 10.6 Å². The van der Waals surface area contributed by atoms with Crippen LogP contribution in [0.4, 0.5) is 0 Å². The molecule has 2 aromatic heterocycles. The SMILES string of the molecule is CN(Cc1csc(-c2ccsc2)n1)C(CN)C1CC1.Cl. The molecule has 1 aliphatic rings. The fraction of sp³-hybridized carbons (Fsp3) is 0.500. The van der Waals surface area contributed by atoms with Crippen LogP contribution < -0.4 is 5.73 Å². The van der Waals surface area contributed by atoms with Crippen molar-refractivity contribution >= 4 is 35.1 Å². The highest BCUT2D eigenvalue weighted by atomic mass is 35.5. The Kier molecular flexibility index (Phi) is 5.57. The van der Waals surface area contributed by atoms with E-state index in [4.69, 9.17) is 10.7 Å². The van der Waals surface area contributed by atoms with E-state index in [1.54, 1.807) is 22.7 Å². The van der Waals surface area contributed by atoms with E-state index >= 15 is 0 Å². The quantitative estimate of drug-likeness (QED) is 0.882. The normalized spacial score (nSPS) is 16.1. The van der Waals surface area contributed by atoms with E-state index in [0.29, 0.717) is 6.04 Å². The molecule has 2 N–H and O–H groups in total. The zero-order valence-corrected chi connectivity index (χ0v) is 13.9. The minimum atomic E-state index is 0. The predicted octanol–water partition coefficient (Wildman–Crippen LogP) is 3.46. The van der Waals surface area contributed by atoms with Crippen molar-refractivity contribution in [1.82, 2.24) is 9.88 Å². The van der Waals surface area contributed by atoms with E-state index < -0.39 is 0 Å². The van der Waals surface area contributed by atoms with Crippen molar-refractivity contribution in [2.45, 2.75) is 25.4 Å². The van der Waals surface area contributed by atoms with Gasteiger partial charge in [-0.1, -0.05) is 0 Å². The van der Waals surface area contributed by atoms with Crippen molar-refractivity contribution in [2.24, 2.45) is 11.7 Å². The van der Waals surface area contributed by atoms with E-state index in [-0.39, 0.29) is 12.4 Å². The fourth-order valence-electron chi connectivity index (χ4n) is 2.48. The summed E-state index contributed by atoms with van der Waals surface area (Å²) >= 11 is 3.45. The standard InChI is InChI=1S/C14H19N3S2.ClH/c1-17(13(6-15)10-2-3-10)7-12-9-19-14(16-12)11-4-5-18-8-11;/h4-5,8-10,13H,2-3,6-7,15H2,1H3;1H. The fourth-order valence-corrected chi connectivity index (χ4v) is 4.01. The van der Waals surface area contributed by atoms with Crippen LogP contribution in [0.5, 0.6) is 0 Å². The van der Waals surface area contributed by atoms with Gasteiger partial charge in [-0.25, -0.2) is 4.98 Å². The van der Waals surface area contributed by atoms with Crippen LogP contribution in [0.1, 0.15) is 18.5 Å². The average Bonchev–Trinajstić information content (AvgIpc) is 2.93. The Morgan fingerprint density at radius 2 is 2.25 bits per heavy atom. The summed E-state index contributed by atoms with van der Waals surface area (Å²) in [6.07, 6.45) is 2.67. The van der Waals surface area contributed by atoms with Gasteiger partial charge in [0.2, 0.25) is 0 Å². The topological polar surface area (TPSA) is 42.2 Å². The second-order valence-electron chi connectivity index (χ2n) is 5.21. The van der Waals surface area contributed by atoms with Gasteiger partial charge in [0.05, 0.1) is 5.69 Å². The van der Waals surface area contributed by atoms with Crippen LogP contribution in [0.2, 0.25) is 0 Å². The second-order valence-corrected chi connectivity index (χ2v) is 6.85. The second kappa shape index (κ2) is 7.00. The minimum absolute atomic E-state index is 0. The maximum absolute atomic E-state index is 5.89. The number of thiophene rings is 1. The zero-order valence-electron chi connectivity index (χ0n) is 11.5. The molecule has 0 radical (unpaired) electrons. The van der Waals surface area contributed by atoms with Gasteiger partial charge in [0.25, 0.3) is 0 Å². The highest BCUT2D eigenvalue weighted by Crippen LogP contribution is 2.35. The summed E-state index contributed by atoms with van der Waals surface area (Å²) in [5.74, 6) is 0.810. The van der Waals surface area contributed by atoms with Gasteiger partial charge in [-0.2, -0.15) is 11.3 Å². The molecule has 0 bridgehead atoms. The summed E-state index contributed by atoms with van der Waals surface area (Å²) in [5, 5.41) is 7.55. The summed E-state index contributed by atoms with van der Waals surface area (Å²) in [7, 11) is 2.17. The van der Waals surface area contributed by atoms with Gasteiger partial charge in [0, 0.05) is 35.5 Å². The molecule has 1 aliphatic carbocycles. The molecule has 0 saturated heterocycles. The van der Waals surface area contributed by atoms with Crippen molar-refractivity contribution in [3.05, 3.63) is 27.9 Å². The molecule has 0 aliphatic heterocycles. The number of hydrogen-bond donors (Lipinski definition) is 1. The molecule has 110 valence electrons. The molecule has 6 heteroatoms. The molecule has 2 aromatic rings. The van der Waals surface area contributed by atoms with Crippen LogP contribution in [0.3, 0.4) is 0 Å². The third kappa shape index (κ3) is 3.59. The van der Waals surface area contributed by atoms with E-state index in [0.717, 1.165) is 29.7 Å². The van der Waals surface area contributed by atoms with E-state index in [1.807, 2.05) is 0 Å². The molecule has 1 saturated carbocycles. The number of nitrogens with zero attached hydrogens (tertiary/aromatic N) is 2. The summed E-state index contributed by atoms with van der Waals surface area (Å²) in [6, 6.07) is 2.65. The lowest BCUT2D eigenvalue weighted by Crippen LogP contribution is -2.39. The highest BCUT2D eigenvalue weighted by Gasteiger charge is 2.32. The molecule has 20 heavy (non-hydrogen) atoms. The van der Waals surface area contributed by atoms with Gasteiger partial charge in [-0.15, -0.1) is 23.7 Å². The van der Waals surface area contributed by atoms with Crippen molar-refractivity contribution in [3.63, 3.8) is 0 Å². The Bertz CT molecular complexity index is 522. The highest BCUT2D eigenvalue weighted by molar-refractivity contribution is 7.14. The number of rotatable bonds is 6. The summed E-state index contributed by atoms with van der Waals surface area (Å²) in [6.45, 7) is 1.65. The molecular weight excluding hydrogens is 310 g/mol. The molecule has 1 unspecified atom stereocenters. The lowest BCUT2D eigenvalue weighted by Gasteiger charge is -2.26. The van der Waals surface area contributed by atoms with Crippen LogP contribution in [0, 0.1) is 5.92 Å². The van der Waals surface area contributed by atoms with Crippen LogP contribution in [-0.2, 0) is 6.54 Å². The number of thiazole rings is 1. The van der Waals surface area contributed by atoms with E-state index in [2.05, 4.69) is 34.2 Å². The van der Waals surface area contributed by atoms with E-state index in [9.17, 15) is 0 Å². The van der Waals surface area contributed by atoms with Gasteiger partial charge in [-0.05, 0) is 37.3 Å². The number of aromatic nitrogens is 1. The maximum atomic E-state index is 5.89. The number of halogens is 1. The molecule has 1 fully saturated rings. The molecular formula is C14H20ClN3S2. The molecule has 0 amide bonds. The Morgan fingerprint density at radius 3 is 2.85 bits per heavy atom. The first-order chi connectivity index (χ1) is 9.28. The third-order valence-electron chi connectivity index (χ3n) is 3.71. The lowest BCUT2D eigenvalue weighted by molar-refractivity contribution is 0.214. The number of likely N-dealkylation sites (N-methyl/N-ethyl adjacent to an activating group) is 1. The molecule has 1 atom stereocenters. The van der Waals surface area contributed by atoms with Gasteiger partial charge in [-0.3, -0.25) is 4.90 Å². The van der Waals surface area contributed by atoms with Crippen LogP contribution >= 0.6 is 35.1 Å². The van der Waals surface area contributed by atoms with Crippen LogP contribution in [-0.4, -0.2) is 29.5 Å². The van der Waals surface area contributed by atoms with Crippen molar-refractivity contribution in [2.75, 3.05) is 13.6 Å². The number of hydrogen-bond acceptors (Lipinski definition) is 5. The van der Waals surface area contributed by atoms with Gasteiger partial charge in [0.15, 0.2) is 0 Å². The monoisotopic (exact) mass is 329 g/mol. The molecule has 3 rings (SSSR count). The third-order valence-corrected chi connectivity index (χ3v) is 5.33. The minimum Gasteiger partial charge on any atom is -0.329 e. The molecule has 0 aromatic carbocycles.